The van der Waals surface area contributed by atoms with Crippen LogP contribution >= 0.6 is 11.3 Å². The second-order valence-electron chi connectivity index (χ2n) is 6.23. The monoisotopic (exact) mass is 396 g/mol. The lowest BCUT2D eigenvalue weighted by atomic mass is 9.97. The molecule has 1 aliphatic heterocycles. The molecular weight excluding hydrogens is 376 g/mol. The Morgan fingerprint density at radius 2 is 2.00 bits per heavy atom. The molecule has 0 unspecified atom stereocenters. The summed E-state index contributed by atoms with van der Waals surface area (Å²) in [7, 11) is -3.19. The van der Waals surface area contributed by atoms with E-state index in [2.05, 4.69) is 5.32 Å². The summed E-state index contributed by atoms with van der Waals surface area (Å²) in [4.78, 5) is 25.9. The van der Waals surface area contributed by atoms with E-state index in [4.69, 9.17) is 4.42 Å². The molecule has 9 heteroatoms. The SMILES string of the molecule is CS(=O)(=O)N1CCC(C(=O)NCc2ccc(C(=O)c3ccco3)s2)CC1. The maximum atomic E-state index is 12.3. The highest BCUT2D eigenvalue weighted by molar-refractivity contribution is 7.88. The van der Waals surface area contributed by atoms with Crippen molar-refractivity contribution < 1.29 is 22.4 Å². The van der Waals surface area contributed by atoms with Crippen molar-refractivity contribution in [1.29, 1.82) is 0 Å². The van der Waals surface area contributed by atoms with Crippen LogP contribution in [0.5, 0.6) is 0 Å². The van der Waals surface area contributed by atoms with Gasteiger partial charge in [-0.1, -0.05) is 0 Å². The first-order chi connectivity index (χ1) is 12.3. The van der Waals surface area contributed by atoms with Crippen molar-refractivity contribution >= 4 is 33.1 Å². The highest BCUT2D eigenvalue weighted by Gasteiger charge is 2.28. The Kier molecular flexibility index (Phi) is 5.59. The van der Waals surface area contributed by atoms with Crippen LogP contribution in [0, 0.1) is 5.92 Å². The Hall–Kier alpha value is -1.97. The van der Waals surface area contributed by atoms with Gasteiger partial charge in [0.2, 0.25) is 21.7 Å². The number of ketones is 1. The van der Waals surface area contributed by atoms with Gasteiger partial charge < -0.3 is 9.73 Å². The van der Waals surface area contributed by atoms with Crippen molar-refractivity contribution in [3.8, 4) is 0 Å². The molecule has 2 aromatic rings. The maximum absolute atomic E-state index is 12.3. The quantitative estimate of drug-likeness (QED) is 0.752. The minimum absolute atomic E-state index is 0.0783. The normalized spacial score (nSPS) is 16.5. The topological polar surface area (TPSA) is 96.7 Å². The molecule has 2 aromatic heterocycles. The maximum Gasteiger partial charge on any atom is 0.238 e. The van der Waals surface area contributed by atoms with Gasteiger partial charge in [-0.15, -0.1) is 11.3 Å². The summed E-state index contributed by atoms with van der Waals surface area (Å²) >= 11 is 1.32. The van der Waals surface area contributed by atoms with Gasteiger partial charge in [0.05, 0.1) is 23.9 Å². The summed E-state index contributed by atoms with van der Waals surface area (Å²) in [5.41, 5.74) is 0. The number of rotatable bonds is 6. The van der Waals surface area contributed by atoms with Crippen LogP contribution in [-0.2, 0) is 21.4 Å². The molecule has 0 aromatic carbocycles. The fourth-order valence-electron chi connectivity index (χ4n) is 2.89. The molecule has 0 saturated carbocycles. The highest BCUT2D eigenvalue weighted by Crippen LogP contribution is 2.22. The standard InChI is InChI=1S/C17H20N2O5S2/c1-26(22,23)19-8-6-12(7-9-19)17(21)18-11-13-4-5-15(25-13)16(20)14-3-2-10-24-14/h2-5,10,12H,6-9,11H2,1H3,(H,18,21). The molecule has 1 fully saturated rings. The van der Waals surface area contributed by atoms with E-state index in [1.165, 1.54) is 28.2 Å². The largest absolute Gasteiger partial charge is 0.461 e. The number of nitrogens with zero attached hydrogens (tertiary/aromatic N) is 1. The Balaban J connectivity index is 1.50. The lowest BCUT2D eigenvalue weighted by Crippen LogP contribution is -2.42. The molecule has 0 atom stereocenters. The van der Waals surface area contributed by atoms with Crippen molar-refractivity contribution in [1.82, 2.24) is 9.62 Å². The molecule has 7 nitrogen and oxygen atoms in total. The van der Waals surface area contributed by atoms with Crippen LogP contribution in [0.3, 0.4) is 0 Å². The molecule has 1 aliphatic rings. The number of hydrogen-bond acceptors (Lipinski definition) is 6. The summed E-state index contributed by atoms with van der Waals surface area (Å²) in [6.07, 6.45) is 3.68. The van der Waals surface area contributed by atoms with Gasteiger partial charge in [0.25, 0.3) is 0 Å². The Morgan fingerprint density at radius 3 is 2.62 bits per heavy atom. The summed E-state index contributed by atoms with van der Waals surface area (Å²) in [5.74, 6) is -0.145. The minimum atomic E-state index is -3.19. The Labute approximate surface area is 156 Å². The van der Waals surface area contributed by atoms with E-state index in [9.17, 15) is 18.0 Å². The number of amides is 1. The third kappa shape index (κ3) is 4.40. The third-order valence-corrected chi connectivity index (χ3v) is 6.75. The van der Waals surface area contributed by atoms with Crippen molar-refractivity contribution in [2.75, 3.05) is 19.3 Å². The Morgan fingerprint density at radius 1 is 1.27 bits per heavy atom. The third-order valence-electron chi connectivity index (χ3n) is 4.36. The molecule has 0 spiro atoms. The molecule has 1 saturated heterocycles. The van der Waals surface area contributed by atoms with Gasteiger partial charge >= 0.3 is 0 Å². The number of thiophene rings is 1. The van der Waals surface area contributed by atoms with Crippen molar-refractivity contribution in [2.45, 2.75) is 19.4 Å². The lowest BCUT2D eigenvalue weighted by Gasteiger charge is -2.29. The van der Waals surface area contributed by atoms with Gasteiger partial charge in [-0.3, -0.25) is 9.59 Å². The zero-order valence-electron chi connectivity index (χ0n) is 14.3. The summed E-state index contributed by atoms with van der Waals surface area (Å²) < 4.78 is 29.5. The smallest absolute Gasteiger partial charge is 0.238 e. The number of nitrogens with one attached hydrogen (secondary N) is 1. The van der Waals surface area contributed by atoms with Crippen LogP contribution in [-0.4, -0.2) is 43.8 Å². The number of carbonyl (C=O) groups is 2. The van der Waals surface area contributed by atoms with Gasteiger partial charge in [0, 0.05) is 23.9 Å². The van der Waals surface area contributed by atoms with E-state index in [1.54, 1.807) is 18.2 Å². The molecule has 1 amide bonds. The van der Waals surface area contributed by atoms with Gasteiger partial charge in [-0.2, -0.15) is 0 Å². The molecule has 140 valence electrons. The van der Waals surface area contributed by atoms with Crippen LogP contribution in [0.2, 0.25) is 0 Å². The molecule has 3 rings (SSSR count). The van der Waals surface area contributed by atoms with Crippen LogP contribution in [0.1, 0.15) is 33.2 Å². The van der Waals surface area contributed by atoms with E-state index in [0.717, 1.165) is 4.88 Å². The molecule has 0 radical (unpaired) electrons. The van der Waals surface area contributed by atoms with Crippen molar-refractivity contribution in [3.05, 3.63) is 46.0 Å². The van der Waals surface area contributed by atoms with Crippen LogP contribution in [0.25, 0.3) is 0 Å². The average Bonchev–Trinajstić information content (AvgIpc) is 3.30. The second kappa shape index (κ2) is 7.73. The number of carbonyl (C=O) groups excluding carboxylic acids is 2. The molecule has 26 heavy (non-hydrogen) atoms. The van der Waals surface area contributed by atoms with E-state index in [0.29, 0.717) is 43.1 Å². The fourth-order valence-corrected chi connectivity index (χ4v) is 4.66. The van der Waals surface area contributed by atoms with Crippen LogP contribution in [0.4, 0.5) is 0 Å². The second-order valence-corrected chi connectivity index (χ2v) is 9.38. The van der Waals surface area contributed by atoms with E-state index >= 15 is 0 Å². The van der Waals surface area contributed by atoms with E-state index in [1.807, 2.05) is 6.07 Å². The van der Waals surface area contributed by atoms with Crippen molar-refractivity contribution in [2.24, 2.45) is 5.92 Å². The number of furan rings is 1. The van der Waals surface area contributed by atoms with E-state index < -0.39 is 10.0 Å². The highest BCUT2D eigenvalue weighted by atomic mass is 32.2. The van der Waals surface area contributed by atoms with Gasteiger partial charge in [0.15, 0.2) is 5.76 Å². The van der Waals surface area contributed by atoms with Gasteiger partial charge in [-0.25, -0.2) is 12.7 Å². The predicted octanol–water partition coefficient (Wildman–Crippen LogP) is 1.86. The predicted molar refractivity (Wildman–Crippen MR) is 97.4 cm³/mol. The number of sulfonamides is 1. The first-order valence-corrected chi connectivity index (χ1v) is 10.9. The van der Waals surface area contributed by atoms with Crippen LogP contribution in [0.15, 0.2) is 34.9 Å². The summed E-state index contributed by atoms with van der Waals surface area (Å²) in [5, 5.41) is 2.88. The molecule has 1 N–H and O–H groups in total. The minimum Gasteiger partial charge on any atom is -0.461 e. The first kappa shape index (κ1) is 18.8. The number of hydrogen-bond donors (Lipinski definition) is 1. The summed E-state index contributed by atoms with van der Waals surface area (Å²) in [6.45, 7) is 1.09. The molecular formula is C17H20N2O5S2. The van der Waals surface area contributed by atoms with Crippen LogP contribution < -0.4 is 5.32 Å². The molecule has 0 aliphatic carbocycles. The average molecular weight is 396 g/mol. The fraction of sp³-hybridized carbons (Fsp3) is 0.412. The zero-order valence-corrected chi connectivity index (χ0v) is 15.9. The first-order valence-electron chi connectivity index (χ1n) is 8.24. The summed E-state index contributed by atoms with van der Waals surface area (Å²) in [6, 6.07) is 6.82. The Bertz CT molecular complexity index is 878. The van der Waals surface area contributed by atoms with Crippen molar-refractivity contribution in [3.63, 3.8) is 0 Å². The van der Waals surface area contributed by atoms with Gasteiger partial charge in [0.1, 0.15) is 0 Å². The molecule has 3 heterocycles. The number of piperidine rings is 1. The molecule has 0 bridgehead atoms. The zero-order chi connectivity index (χ0) is 18.7. The van der Waals surface area contributed by atoms with Gasteiger partial charge in [-0.05, 0) is 37.1 Å². The lowest BCUT2D eigenvalue weighted by molar-refractivity contribution is -0.126. The van der Waals surface area contributed by atoms with E-state index in [-0.39, 0.29) is 17.6 Å².